The van der Waals surface area contributed by atoms with Gasteiger partial charge >= 0.3 is 6.03 Å². The number of halogens is 2. The van der Waals surface area contributed by atoms with Crippen molar-refractivity contribution in [3.05, 3.63) is 46.4 Å². The highest BCUT2D eigenvalue weighted by Gasteiger charge is 2.10. The van der Waals surface area contributed by atoms with Crippen molar-refractivity contribution in [2.45, 2.75) is 0 Å². The van der Waals surface area contributed by atoms with Crippen molar-refractivity contribution in [3.63, 3.8) is 0 Å². The lowest BCUT2D eigenvalue weighted by Crippen LogP contribution is -2.20. The normalized spacial score (nSPS) is 10.0. The third kappa shape index (κ3) is 3.96. The van der Waals surface area contributed by atoms with Gasteiger partial charge in [-0.2, -0.15) is 0 Å². The largest absolute Gasteiger partial charge is 0.497 e. The molecule has 0 aromatic heterocycles. The maximum absolute atomic E-state index is 12.0. The van der Waals surface area contributed by atoms with E-state index in [1.165, 1.54) is 7.11 Å². The molecule has 2 amide bonds. The summed E-state index contributed by atoms with van der Waals surface area (Å²) in [5.41, 5.74) is 0.960. The monoisotopic (exact) mass is 340 g/mol. The Bertz CT molecular complexity index is 692. The Morgan fingerprint density at radius 1 is 0.955 bits per heavy atom. The highest BCUT2D eigenvalue weighted by Crippen LogP contribution is 2.30. The predicted molar refractivity (Wildman–Crippen MR) is 88.6 cm³/mol. The average molecular weight is 341 g/mol. The molecular formula is C15H14Cl2N2O3. The Labute approximate surface area is 138 Å². The number of hydrogen-bond acceptors (Lipinski definition) is 3. The van der Waals surface area contributed by atoms with E-state index in [2.05, 4.69) is 10.6 Å². The number of carbonyl (C=O) groups excluding carboxylic acids is 1. The minimum absolute atomic E-state index is 0.351. The number of urea groups is 1. The van der Waals surface area contributed by atoms with Crippen molar-refractivity contribution < 1.29 is 14.3 Å². The van der Waals surface area contributed by atoms with Crippen LogP contribution in [0.3, 0.4) is 0 Å². The first-order valence-electron chi connectivity index (χ1n) is 6.28. The molecule has 0 saturated carbocycles. The molecular weight excluding hydrogens is 327 g/mol. The molecule has 2 rings (SSSR count). The molecule has 5 nitrogen and oxygen atoms in total. The SMILES string of the molecule is COc1ccc(NC(=O)Nc2ccc(Cl)cc2Cl)c(OC)c1. The second-order valence-electron chi connectivity index (χ2n) is 4.27. The van der Waals surface area contributed by atoms with Gasteiger partial charge in [0, 0.05) is 11.1 Å². The van der Waals surface area contributed by atoms with Crippen LogP contribution >= 0.6 is 23.2 Å². The first kappa shape index (κ1) is 16.3. The summed E-state index contributed by atoms with van der Waals surface area (Å²) < 4.78 is 10.3. The number of nitrogens with one attached hydrogen (secondary N) is 2. The molecule has 0 heterocycles. The Morgan fingerprint density at radius 3 is 2.27 bits per heavy atom. The van der Waals surface area contributed by atoms with Gasteiger partial charge in [0.2, 0.25) is 0 Å². The molecule has 0 radical (unpaired) electrons. The van der Waals surface area contributed by atoms with Crippen molar-refractivity contribution in [2.75, 3.05) is 24.9 Å². The van der Waals surface area contributed by atoms with Crippen LogP contribution in [0.15, 0.2) is 36.4 Å². The number of benzene rings is 2. The molecule has 0 aliphatic heterocycles. The molecule has 2 aromatic carbocycles. The summed E-state index contributed by atoms with van der Waals surface area (Å²) in [5.74, 6) is 1.11. The lowest BCUT2D eigenvalue weighted by molar-refractivity contribution is 0.262. The fraction of sp³-hybridized carbons (Fsp3) is 0.133. The maximum Gasteiger partial charge on any atom is 0.323 e. The molecule has 0 saturated heterocycles. The first-order valence-corrected chi connectivity index (χ1v) is 7.04. The molecule has 0 unspecified atom stereocenters. The fourth-order valence-electron chi connectivity index (χ4n) is 1.77. The molecule has 0 aliphatic rings. The number of ether oxygens (including phenoxy) is 2. The fourth-order valence-corrected chi connectivity index (χ4v) is 2.22. The van der Waals surface area contributed by atoms with E-state index in [-0.39, 0.29) is 0 Å². The second kappa shape index (κ2) is 7.24. The van der Waals surface area contributed by atoms with Crippen LogP contribution in [0.2, 0.25) is 10.0 Å². The Morgan fingerprint density at radius 2 is 1.64 bits per heavy atom. The third-order valence-corrected chi connectivity index (χ3v) is 3.38. The minimum Gasteiger partial charge on any atom is -0.497 e. The third-order valence-electron chi connectivity index (χ3n) is 2.84. The molecule has 2 N–H and O–H groups in total. The van der Waals surface area contributed by atoms with E-state index >= 15 is 0 Å². The summed E-state index contributed by atoms with van der Waals surface area (Å²) in [6.45, 7) is 0. The lowest BCUT2D eigenvalue weighted by Gasteiger charge is -2.13. The average Bonchev–Trinajstić information content (AvgIpc) is 2.50. The minimum atomic E-state index is -0.451. The molecule has 22 heavy (non-hydrogen) atoms. The van der Waals surface area contributed by atoms with Crippen LogP contribution in [0.5, 0.6) is 11.5 Å². The van der Waals surface area contributed by atoms with Crippen LogP contribution in [0.1, 0.15) is 0 Å². The number of anilines is 2. The van der Waals surface area contributed by atoms with Gasteiger partial charge in [-0.05, 0) is 30.3 Å². The van der Waals surface area contributed by atoms with Crippen LogP contribution in [-0.2, 0) is 0 Å². The Kier molecular flexibility index (Phi) is 5.35. The highest BCUT2D eigenvalue weighted by atomic mass is 35.5. The van der Waals surface area contributed by atoms with E-state index in [9.17, 15) is 4.79 Å². The van der Waals surface area contributed by atoms with Gasteiger partial charge in [-0.3, -0.25) is 0 Å². The Hall–Kier alpha value is -2.11. The standard InChI is InChI=1S/C15H14Cl2N2O3/c1-21-10-4-6-13(14(8-10)22-2)19-15(20)18-12-5-3-9(16)7-11(12)17/h3-8H,1-2H3,(H2,18,19,20). The van der Waals surface area contributed by atoms with Gasteiger partial charge in [-0.25, -0.2) is 4.79 Å². The van der Waals surface area contributed by atoms with Crippen LogP contribution < -0.4 is 20.1 Å². The Balaban J connectivity index is 2.12. The zero-order chi connectivity index (χ0) is 16.1. The summed E-state index contributed by atoms with van der Waals surface area (Å²) >= 11 is 11.8. The maximum atomic E-state index is 12.0. The van der Waals surface area contributed by atoms with Crippen molar-refractivity contribution in [1.29, 1.82) is 0 Å². The number of carbonyl (C=O) groups is 1. The quantitative estimate of drug-likeness (QED) is 0.851. The van der Waals surface area contributed by atoms with E-state index in [0.717, 1.165) is 0 Å². The van der Waals surface area contributed by atoms with Gasteiger partial charge in [0.05, 0.1) is 30.6 Å². The summed E-state index contributed by atoms with van der Waals surface area (Å²) in [7, 11) is 3.06. The summed E-state index contributed by atoms with van der Waals surface area (Å²) in [4.78, 5) is 12.0. The van der Waals surface area contributed by atoms with Gasteiger partial charge in [0.15, 0.2) is 0 Å². The molecule has 116 valence electrons. The zero-order valence-electron chi connectivity index (χ0n) is 11.9. The number of amides is 2. The molecule has 0 aliphatic carbocycles. The highest BCUT2D eigenvalue weighted by molar-refractivity contribution is 6.36. The smallest absolute Gasteiger partial charge is 0.323 e. The van der Waals surface area contributed by atoms with Gasteiger partial charge in [-0.15, -0.1) is 0 Å². The number of hydrogen-bond donors (Lipinski definition) is 2. The van der Waals surface area contributed by atoms with Crippen LogP contribution in [-0.4, -0.2) is 20.3 Å². The first-order chi connectivity index (χ1) is 10.5. The molecule has 0 bridgehead atoms. The summed E-state index contributed by atoms with van der Waals surface area (Å²) in [6, 6.07) is 9.42. The van der Waals surface area contributed by atoms with E-state index in [1.54, 1.807) is 43.5 Å². The van der Waals surface area contributed by atoms with Crippen LogP contribution in [0.25, 0.3) is 0 Å². The van der Waals surface area contributed by atoms with Crippen molar-refractivity contribution >= 4 is 40.6 Å². The number of rotatable bonds is 4. The topological polar surface area (TPSA) is 59.6 Å². The molecule has 0 atom stereocenters. The summed E-state index contributed by atoms with van der Waals surface area (Å²) in [5, 5.41) is 6.16. The zero-order valence-corrected chi connectivity index (χ0v) is 13.5. The van der Waals surface area contributed by atoms with E-state index in [1.807, 2.05) is 0 Å². The molecule has 0 spiro atoms. The molecule has 7 heteroatoms. The van der Waals surface area contributed by atoms with Gasteiger partial charge in [0.25, 0.3) is 0 Å². The van der Waals surface area contributed by atoms with E-state index in [0.29, 0.717) is 32.9 Å². The van der Waals surface area contributed by atoms with Crippen molar-refractivity contribution in [2.24, 2.45) is 0 Å². The number of methoxy groups -OCH3 is 2. The van der Waals surface area contributed by atoms with Crippen molar-refractivity contribution in [1.82, 2.24) is 0 Å². The molecule has 0 fully saturated rings. The van der Waals surface area contributed by atoms with Crippen molar-refractivity contribution in [3.8, 4) is 11.5 Å². The van der Waals surface area contributed by atoms with E-state index in [4.69, 9.17) is 32.7 Å². The second-order valence-corrected chi connectivity index (χ2v) is 5.11. The van der Waals surface area contributed by atoms with Gasteiger partial charge in [0.1, 0.15) is 11.5 Å². The van der Waals surface area contributed by atoms with Gasteiger partial charge in [-0.1, -0.05) is 23.2 Å². The molecule has 2 aromatic rings. The van der Waals surface area contributed by atoms with Crippen LogP contribution in [0.4, 0.5) is 16.2 Å². The van der Waals surface area contributed by atoms with Crippen LogP contribution in [0, 0.1) is 0 Å². The van der Waals surface area contributed by atoms with Gasteiger partial charge < -0.3 is 20.1 Å². The van der Waals surface area contributed by atoms with E-state index < -0.39 is 6.03 Å². The lowest BCUT2D eigenvalue weighted by atomic mass is 10.2. The predicted octanol–water partition coefficient (Wildman–Crippen LogP) is 4.65. The summed E-state index contributed by atoms with van der Waals surface area (Å²) in [6.07, 6.45) is 0.